The number of halogens is 1. The topological polar surface area (TPSA) is 266 Å². The van der Waals surface area contributed by atoms with Crippen molar-refractivity contribution in [1.29, 1.82) is 0 Å². The fraction of sp³-hybridized carbons (Fsp3) is 0.630. The summed E-state index contributed by atoms with van der Waals surface area (Å²) < 4.78 is 21.7. The van der Waals surface area contributed by atoms with Gasteiger partial charge < -0.3 is 55.3 Å². The zero-order valence-electron chi connectivity index (χ0n) is 48.0. The quantitative estimate of drug-likeness (QED) is 0.0184. The number of methoxy groups -OCH3 is 2. The van der Waals surface area contributed by atoms with E-state index < -0.39 is 64.4 Å². The Morgan fingerprint density at radius 1 is 0.500 bits per heavy atom. The molecule has 0 saturated carbocycles. The van der Waals surface area contributed by atoms with E-state index in [0.29, 0.717) is 55.8 Å². The van der Waals surface area contributed by atoms with E-state index in [4.69, 9.17) is 20.5 Å². The number of aliphatic hydroxyl groups excluding tert-OH is 1. The smallest absolute Gasteiger partial charge is 0.305 e. The Bertz CT molecular complexity index is 2110. The van der Waals surface area contributed by atoms with Crippen LogP contribution in [-0.4, -0.2) is 108 Å². The number of nitrogens with one attached hydrogen (secondary N) is 6. The van der Waals surface area contributed by atoms with Crippen molar-refractivity contribution in [2.45, 2.75) is 207 Å². The Balaban J connectivity index is 0.000000760. The Hall–Kier alpha value is -5.20. The summed E-state index contributed by atoms with van der Waals surface area (Å²) in [7, 11) is -1.31. The molecule has 76 heavy (non-hydrogen) atoms. The van der Waals surface area contributed by atoms with E-state index in [9.17, 15) is 43.5 Å². The van der Waals surface area contributed by atoms with E-state index >= 15 is 0 Å². The Morgan fingerprint density at radius 3 is 1.14 bits per heavy atom. The molecule has 0 heterocycles. The van der Waals surface area contributed by atoms with Crippen LogP contribution in [0.1, 0.15) is 143 Å². The number of hydrogen-bond acceptors (Lipinski definition) is 13. The molecular weight excluding hydrogens is 1030 g/mol. The predicted octanol–water partition coefficient (Wildman–Crippen LogP) is 8.01. The molecule has 0 unspecified atom stereocenters. The molecule has 0 aliphatic rings. The van der Waals surface area contributed by atoms with Gasteiger partial charge in [0.15, 0.2) is 16.6 Å². The molecule has 0 bridgehead atoms. The van der Waals surface area contributed by atoms with Gasteiger partial charge in [0.2, 0.25) is 35.4 Å². The molecule has 4 atom stereocenters. The third kappa shape index (κ3) is 25.8. The maximum atomic E-state index is 12.8. The van der Waals surface area contributed by atoms with Crippen LogP contribution in [0.5, 0.6) is 0 Å². The van der Waals surface area contributed by atoms with Crippen LogP contribution in [0, 0.1) is 0 Å². The Labute approximate surface area is 458 Å². The minimum absolute atomic E-state index is 0.0490. The van der Waals surface area contributed by atoms with Crippen molar-refractivity contribution in [3.05, 3.63) is 58.7 Å². The van der Waals surface area contributed by atoms with E-state index in [2.05, 4.69) is 109 Å². The highest BCUT2D eigenvalue weighted by molar-refractivity contribution is 6.74. The van der Waals surface area contributed by atoms with Crippen molar-refractivity contribution in [2.75, 3.05) is 24.9 Å². The molecule has 0 aliphatic heterocycles. The van der Waals surface area contributed by atoms with Crippen molar-refractivity contribution >= 4 is 87.0 Å². The first-order valence-corrected chi connectivity index (χ1v) is 32.2. The third-order valence-electron chi connectivity index (χ3n) is 13.4. The second-order valence-corrected chi connectivity index (χ2v) is 31.9. The predicted molar refractivity (Wildman–Crippen MR) is 301 cm³/mol. The second kappa shape index (κ2) is 32.5. The van der Waals surface area contributed by atoms with Crippen LogP contribution in [0.25, 0.3) is 0 Å². The van der Waals surface area contributed by atoms with Gasteiger partial charge in [-0.25, -0.2) is 0 Å². The third-order valence-corrected chi connectivity index (χ3v) is 22.6. The normalized spacial score (nSPS) is 13.3. The lowest BCUT2D eigenvalue weighted by Gasteiger charge is -2.36. The molecular formula is C54H89ClN6O13Si2. The van der Waals surface area contributed by atoms with Gasteiger partial charge in [-0.3, -0.25) is 38.4 Å². The van der Waals surface area contributed by atoms with Gasteiger partial charge in [-0.1, -0.05) is 53.7 Å². The Morgan fingerprint density at radius 2 is 0.816 bits per heavy atom. The summed E-state index contributed by atoms with van der Waals surface area (Å²) >= 11 is 6.08. The molecule has 2 rings (SSSR count). The molecule has 0 fully saturated rings. The van der Waals surface area contributed by atoms with Gasteiger partial charge in [-0.05, 0) is 136 Å². The number of amides is 6. The first-order chi connectivity index (χ1) is 35.2. The van der Waals surface area contributed by atoms with Crippen LogP contribution in [0.15, 0.2) is 36.4 Å². The number of esters is 2. The summed E-state index contributed by atoms with van der Waals surface area (Å²) in [5, 5.41) is 25.9. The molecule has 6 amide bonds. The molecule has 2 aromatic rings. The molecule has 7 N–H and O–H groups in total. The van der Waals surface area contributed by atoms with Gasteiger partial charge >= 0.3 is 11.9 Å². The number of rotatable bonds is 28. The molecule has 0 aromatic heterocycles. The number of ether oxygens (including phenoxy) is 2. The molecule has 0 spiro atoms. The van der Waals surface area contributed by atoms with Gasteiger partial charge in [0, 0.05) is 42.9 Å². The van der Waals surface area contributed by atoms with Crippen LogP contribution < -0.4 is 31.9 Å². The number of carbonyl (C=O) groups is 8. The van der Waals surface area contributed by atoms with Crippen molar-refractivity contribution in [3.8, 4) is 0 Å². The summed E-state index contributed by atoms with van der Waals surface area (Å²) in [6, 6.07) is 7.53. The van der Waals surface area contributed by atoms with Gasteiger partial charge in [-0.2, -0.15) is 0 Å². The number of alkyl halides is 1. The molecule has 0 saturated heterocycles. The first kappa shape index (κ1) is 68.8. The zero-order valence-corrected chi connectivity index (χ0v) is 50.7. The van der Waals surface area contributed by atoms with E-state index in [0.717, 1.165) is 16.7 Å². The SMILES string of the molecule is COC(=O)CCCCC(=O)N[C@@H](C)C(=O)N[C@@H](C)C(=O)Nc1cc(CCl)cc(CO[Si](C)(C)C(C)(C)C)c1.COC(=O)CCCCC(=O)N[C@@H](C)C(=O)N[C@@H](C)C(=O)Nc1cc(CO)cc(CO[Si](C)(C)C(C)(C)C)c1. The number of unbranched alkanes of at least 4 members (excludes halogenated alkanes) is 2. The largest absolute Gasteiger partial charge is 0.469 e. The minimum atomic E-state index is -1.99. The number of hydrogen-bond donors (Lipinski definition) is 7. The molecule has 0 radical (unpaired) electrons. The summed E-state index contributed by atoms with van der Waals surface area (Å²) in [6.07, 6.45) is 2.86. The summed E-state index contributed by atoms with van der Waals surface area (Å²) in [5.74, 6) is -2.81. The fourth-order valence-electron chi connectivity index (χ4n) is 6.35. The molecule has 428 valence electrons. The number of aliphatic hydroxyl groups is 1. The maximum absolute atomic E-state index is 12.8. The van der Waals surface area contributed by atoms with E-state index in [1.165, 1.54) is 21.1 Å². The number of anilines is 2. The lowest BCUT2D eigenvalue weighted by atomic mass is 10.1. The van der Waals surface area contributed by atoms with Crippen LogP contribution in [0.3, 0.4) is 0 Å². The standard InChI is InChI=1S/C27H44ClN3O6Si.C27H45N3O7Si/c1-18(29-23(32)11-9-10-12-24(33)36-6)25(34)30-19(2)26(35)31-22-14-20(16-28)13-21(15-22)17-37-38(7,8)27(3,4)5;1-18(28-23(32)11-9-10-12-24(33)36-6)25(34)29-19(2)26(35)30-22-14-20(16-31)13-21(15-22)17-37-38(7,8)27(3,4)5/h13-15,18-19H,9-12,16-17H2,1-8H3,(H,29,32)(H,30,34)(H,31,35);13-15,18-19,31H,9-12,16-17H2,1-8H3,(H,28,32)(H,29,34)(H,30,35)/t2*18-,19-/m00/s1. The fourth-order valence-corrected chi connectivity index (χ4v) is 8.42. The molecule has 19 nitrogen and oxygen atoms in total. The van der Waals surface area contributed by atoms with Crippen LogP contribution in [-0.2, 0) is 82.4 Å². The highest BCUT2D eigenvalue weighted by atomic mass is 35.5. The average molecular weight is 1120 g/mol. The first-order valence-electron chi connectivity index (χ1n) is 25.8. The molecule has 22 heteroatoms. The van der Waals surface area contributed by atoms with Crippen molar-refractivity contribution in [3.63, 3.8) is 0 Å². The Kier molecular flexibility index (Phi) is 29.4. The average Bonchev–Trinajstić information content (AvgIpc) is 3.34. The summed E-state index contributed by atoms with van der Waals surface area (Å²) in [4.78, 5) is 97.0. The highest BCUT2D eigenvalue weighted by Crippen LogP contribution is 2.38. The van der Waals surface area contributed by atoms with Gasteiger partial charge in [0.25, 0.3) is 0 Å². The highest BCUT2D eigenvalue weighted by Gasteiger charge is 2.38. The summed E-state index contributed by atoms with van der Waals surface area (Å²) in [6.45, 7) is 28.5. The number of carbonyl (C=O) groups excluding carboxylic acids is 8. The van der Waals surface area contributed by atoms with Crippen LogP contribution >= 0.6 is 11.6 Å². The van der Waals surface area contributed by atoms with E-state index in [1.807, 2.05) is 18.2 Å². The van der Waals surface area contributed by atoms with Crippen molar-refractivity contribution in [1.82, 2.24) is 21.3 Å². The van der Waals surface area contributed by atoms with Crippen molar-refractivity contribution < 1.29 is 61.8 Å². The number of benzene rings is 2. The molecule has 0 aliphatic carbocycles. The van der Waals surface area contributed by atoms with Crippen molar-refractivity contribution in [2.24, 2.45) is 0 Å². The zero-order chi connectivity index (χ0) is 58.2. The van der Waals surface area contributed by atoms with Gasteiger partial charge in [-0.15, -0.1) is 11.6 Å². The van der Waals surface area contributed by atoms with E-state index in [1.54, 1.807) is 39.0 Å². The summed E-state index contributed by atoms with van der Waals surface area (Å²) in [5.41, 5.74) is 4.27. The molecule has 2 aromatic carbocycles. The minimum Gasteiger partial charge on any atom is -0.469 e. The van der Waals surface area contributed by atoms with Gasteiger partial charge in [0.05, 0.1) is 34.0 Å². The maximum Gasteiger partial charge on any atom is 0.305 e. The van der Waals surface area contributed by atoms with E-state index in [-0.39, 0.29) is 72.0 Å². The monoisotopic (exact) mass is 1120 g/mol. The van der Waals surface area contributed by atoms with Crippen LogP contribution in [0.4, 0.5) is 11.4 Å². The van der Waals surface area contributed by atoms with Gasteiger partial charge in [0.1, 0.15) is 24.2 Å². The lowest BCUT2D eigenvalue weighted by Crippen LogP contribution is -2.50. The van der Waals surface area contributed by atoms with Crippen LogP contribution in [0.2, 0.25) is 36.3 Å². The second-order valence-electron chi connectivity index (χ2n) is 22.1. The lowest BCUT2D eigenvalue weighted by molar-refractivity contribution is -0.141.